The number of nitrogens with zero attached hydrogens (tertiary/aromatic N) is 4. The Labute approximate surface area is 159 Å². The highest BCUT2D eigenvalue weighted by Crippen LogP contribution is 2.31. The van der Waals surface area contributed by atoms with Gasteiger partial charge in [0.2, 0.25) is 0 Å². The molecule has 138 valence electrons. The Morgan fingerprint density at radius 2 is 2.00 bits per heavy atom. The van der Waals surface area contributed by atoms with Crippen LogP contribution < -0.4 is 0 Å². The van der Waals surface area contributed by atoms with Crippen molar-refractivity contribution >= 4 is 21.8 Å². The van der Waals surface area contributed by atoms with Crippen LogP contribution in [0.2, 0.25) is 0 Å². The van der Waals surface area contributed by atoms with E-state index >= 15 is 0 Å². The smallest absolute Gasteiger partial charge is 0.137 e. The van der Waals surface area contributed by atoms with E-state index in [-0.39, 0.29) is 0 Å². The molecule has 5 rings (SSSR count). The van der Waals surface area contributed by atoms with Gasteiger partial charge in [0.15, 0.2) is 0 Å². The van der Waals surface area contributed by atoms with E-state index in [1.54, 1.807) is 6.33 Å². The van der Waals surface area contributed by atoms with Crippen molar-refractivity contribution in [3.63, 3.8) is 0 Å². The summed E-state index contributed by atoms with van der Waals surface area (Å²) in [4.78, 5) is 6.92. The zero-order valence-corrected chi connectivity index (χ0v) is 15.7. The number of para-hydroxylation sites is 1. The molecule has 0 saturated carbocycles. The van der Waals surface area contributed by atoms with Crippen LogP contribution in [0.25, 0.3) is 21.8 Å². The minimum absolute atomic E-state index is 0.465. The van der Waals surface area contributed by atoms with E-state index in [1.807, 2.05) is 0 Å². The van der Waals surface area contributed by atoms with Crippen molar-refractivity contribution in [2.75, 3.05) is 13.1 Å². The van der Waals surface area contributed by atoms with E-state index in [0.717, 1.165) is 32.0 Å². The van der Waals surface area contributed by atoms with Gasteiger partial charge in [0.1, 0.15) is 12.2 Å². The summed E-state index contributed by atoms with van der Waals surface area (Å²) in [5.74, 6) is 1.49. The largest absolute Gasteiger partial charge is 0.341 e. The van der Waals surface area contributed by atoms with Crippen LogP contribution >= 0.6 is 0 Å². The lowest BCUT2D eigenvalue weighted by Crippen LogP contribution is -2.34. The van der Waals surface area contributed by atoms with Crippen LogP contribution in [0.1, 0.15) is 37.1 Å². The number of nitrogens with one attached hydrogen (secondary N) is 1. The van der Waals surface area contributed by atoms with Crippen LogP contribution in [0.5, 0.6) is 0 Å². The molecule has 1 aliphatic heterocycles. The maximum absolute atomic E-state index is 4.37. The highest BCUT2D eigenvalue weighted by atomic mass is 15.2. The van der Waals surface area contributed by atoms with Gasteiger partial charge >= 0.3 is 0 Å². The number of H-pyrrole nitrogens is 1. The molecule has 5 heteroatoms. The molecule has 1 aliphatic rings. The minimum Gasteiger partial charge on any atom is -0.341 e. The summed E-state index contributed by atoms with van der Waals surface area (Å²) in [5.41, 5.74) is 4.05. The van der Waals surface area contributed by atoms with Gasteiger partial charge in [-0.3, -0.25) is 10.00 Å². The molecule has 0 spiro atoms. The first-order valence-corrected chi connectivity index (χ1v) is 9.91. The molecular formula is C22H25N5. The van der Waals surface area contributed by atoms with Gasteiger partial charge < -0.3 is 4.57 Å². The predicted molar refractivity (Wildman–Crippen MR) is 109 cm³/mol. The lowest BCUT2D eigenvalue weighted by Gasteiger charge is -2.31. The second kappa shape index (κ2) is 6.82. The lowest BCUT2D eigenvalue weighted by atomic mass is 9.97. The number of hydrogen-bond acceptors (Lipinski definition) is 3. The number of aromatic amines is 1. The molecule has 2 aromatic heterocycles. The van der Waals surface area contributed by atoms with Crippen LogP contribution in [-0.2, 0) is 13.1 Å². The zero-order chi connectivity index (χ0) is 18.2. The molecule has 1 saturated heterocycles. The number of rotatable bonds is 4. The third-order valence-corrected chi connectivity index (χ3v) is 5.89. The minimum atomic E-state index is 0.465. The van der Waals surface area contributed by atoms with Gasteiger partial charge in [0.05, 0.1) is 0 Å². The van der Waals surface area contributed by atoms with Crippen molar-refractivity contribution < 1.29 is 0 Å². The Hall–Kier alpha value is -2.66. The molecule has 27 heavy (non-hydrogen) atoms. The number of piperidine rings is 1. The highest BCUT2D eigenvalue weighted by Gasteiger charge is 2.23. The summed E-state index contributed by atoms with van der Waals surface area (Å²) in [7, 11) is 0. The Balaban J connectivity index is 1.44. The molecule has 2 aromatic carbocycles. The van der Waals surface area contributed by atoms with E-state index in [9.17, 15) is 0 Å². The van der Waals surface area contributed by atoms with Crippen molar-refractivity contribution in [3.05, 3.63) is 60.2 Å². The summed E-state index contributed by atoms with van der Waals surface area (Å²) < 4.78 is 2.41. The van der Waals surface area contributed by atoms with Crippen molar-refractivity contribution in [1.29, 1.82) is 0 Å². The number of likely N-dealkylation sites (tertiary alicyclic amines) is 1. The Kier molecular flexibility index (Phi) is 4.17. The van der Waals surface area contributed by atoms with Gasteiger partial charge in [-0.2, -0.15) is 5.10 Å². The number of fused-ring (bicyclic) bond motifs is 3. The quantitative estimate of drug-likeness (QED) is 0.591. The summed E-state index contributed by atoms with van der Waals surface area (Å²) in [5, 5.41) is 9.80. The molecule has 3 heterocycles. The van der Waals surface area contributed by atoms with Crippen LogP contribution in [0.4, 0.5) is 0 Å². The standard InChI is InChI=1S/C22H25N5/c1-2-27-20-8-4-3-7-18(20)19-12-16(9-10-21(19)27)13-26-11-5-6-17(14-26)22-23-15-24-25-22/h3-4,7-10,12,15,17H,2,5-6,11,13-14H2,1H3,(H,23,24,25). The predicted octanol–water partition coefficient (Wildman–Crippen LogP) is 4.31. The van der Waals surface area contributed by atoms with Crippen LogP contribution in [0.3, 0.4) is 0 Å². The van der Waals surface area contributed by atoms with Gasteiger partial charge in [-0.1, -0.05) is 24.3 Å². The van der Waals surface area contributed by atoms with Gasteiger partial charge in [-0.05, 0) is 50.1 Å². The number of aryl methyl sites for hydroxylation is 1. The fraction of sp³-hybridized carbons (Fsp3) is 0.364. The topological polar surface area (TPSA) is 49.7 Å². The molecule has 1 unspecified atom stereocenters. The summed E-state index contributed by atoms with van der Waals surface area (Å²) in [6.07, 6.45) is 4.02. The van der Waals surface area contributed by atoms with Gasteiger partial charge in [0, 0.05) is 47.4 Å². The summed E-state index contributed by atoms with van der Waals surface area (Å²) in [6.45, 7) is 6.40. The molecule has 4 aromatic rings. The van der Waals surface area contributed by atoms with Crippen LogP contribution in [-0.4, -0.2) is 37.7 Å². The highest BCUT2D eigenvalue weighted by molar-refractivity contribution is 6.08. The molecule has 0 bridgehead atoms. The second-order valence-electron chi connectivity index (χ2n) is 7.56. The molecule has 0 amide bonds. The molecule has 1 N–H and O–H groups in total. The lowest BCUT2D eigenvalue weighted by molar-refractivity contribution is 0.197. The fourth-order valence-electron chi connectivity index (χ4n) is 4.63. The van der Waals surface area contributed by atoms with E-state index in [1.165, 1.54) is 40.2 Å². The SMILES string of the molecule is CCn1c2ccccc2c2cc(CN3CCCC(c4ncn[nH]4)C3)ccc21. The number of aromatic nitrogens is 4. The van der Waals surface area contributed by atoms with Crippen LogP contribution in [0, 0.1) is 0 Å². The zero-order valence-electron chi connectivity index (χ0n) is 15.7. The summed E-state index contributed by atoms with van der Waals surface area (Å²) >= 11 is 0. The molecule has 0 radical (unpaired) electrons. The molecule has 0 aliphatic carbocycles. The monoisotopic (exact) mass is 359 g/mol. The molecule has 1 atom stereocenters. The Bertz CT molecular complexity index is 1060. The van der Waals surface area contributed by atoms with E-state index < -0.39 is 0 Å². The molecule has 1 fully saturated rings. The van der Waals surface area contributed by atoms with Crippen molar-refractivity contribution in [1.82, 2.24) is 24.6 Å². The first kappa shape index (κ1) is 16.5. The van der Waals surface area contributed by atoms with Crippen molar-refractivity contribution in [3.8, 4) is 0 Å². The van der Waals surface area contributed by atoms with Gasteiger partial charge in [-0.25, -0.2) is 4.98 Å². The van der Waals surface area contributed by atoms with E-state index in [4.69, 9.17) is 0 Å². The number of benzene rings is 2. The molecular weight excluding hydrogens is 334 g/mol. The Morgan fingerprint density at radius 3 is 2.85 bits per heavy atom. The first-order chi connectivity index (χ1) is 13.3. The van der Waals surface area contributed by atoms with Gasteiger partial charge in [-0.15, -0.1) is 0 Å². The third kappa shape index (κ3) is 2.92. The summed E-state index contributed by atoms with van der Waals surface area (Å²) in [6, 6.07) is 15.7. The van der Waals surface area contributed by atoms with E-state index in [2.05, 4.69) is 74.0 Å². The van der Waals surface area contributed by atoms with Gasteiger partial charge in [0.25, 0.3) is 0 Å². The van der Waals surface area contributed by atoms with E-state index in [0.29, 0.717) is 5.92 Å². The molecule has 5 nitrogen and oxygen atoms in total. The normalized spacial score (nSPS) is 18.5. The third-order valence-electron chi connectivity index (χ3n) is 5.89. The average Bonchev–Trinajstić information content (AvgIpc) is 3.34. The second-order valence-corrected chi connectivity index (χ2v) is 7.56. The Morgan fingerprint density at radius 1 is 1.11 bits per heavy atom. The maximum Gasteiger partial charge on any atom is 0.137 e. The maximum atomic E-state index is 4.37. The number of hydrogen-bond donors (Lipinski definition) is 1. The first-order valence-electron chi connectivity index (χ1n) is 9.91. The fourth-order valence-corrected chi connectivity index (χ4v) is 4.63. The van der Waals surface area contributed by atoms with Crippen molar-refractivity contribution in [2.24, 2.45) is 0 Å². The van der Waals surface area contributed by atoms with Crippen LogP contribution in [0.15, 0.2) is 48.8 Å². The average molecular weight is 359 g/mol. The van der Waals surface area contributed by atoms with Crippen molar-refractivity contribution in [2.45, 2.75) is 38.8 Å².